The van der Waals surface area contributed by atoms with Crippen molar-refractivity contribution in [3.8, 4) is 0 Å². The zero-order chi connectivity index (χ0) is 24.6. The van der Waals surface area contributed by atoms with Gasteiger partial charge in [0.15, 0.2) is 5.78 Å². The Hall–Kier alpha value is -3.25. The monoisotopic (exact) mass is 475 g/mol. The molecule has 0 radical (unpaired) electrons. The van der Waals surface area contributed by atoms with Gasteiger partial charge in [-0.2, -0.15) is 26.3 Å². The molecule has 2 aromatic rings. The van der Waals surface area contributed by atoms with Crippen LogP contribution in [0.2, 0.25) is 0 Å². The van der Waals surface area contributed by atoms with Crippen molar-refractivity contribution in [1.29, 1.82) is 0 Å². The largest absolute Gasteiger partial charge is 0.433 e. The summed E-state index contributed by atoms with van der Waals surface area (Å²) in [5.41, 5.74) is -1.89. The van der Waals surface area contributed by atoms with Crippen LogP contribution in [0.4, 0.5) is 37.1 Å². The van der Waals surface area contributed by atoms with Crippen LogP contribution in [-0.4, -0.2) is 50.8 Å². The van der Waals surface area contributed by atoms with Crippen LogP contribution < -0.4 is 4.90 Å². The molecule has 178 valence electrons. The second-order valence-electron chi connectivity index (χ2n) is 7.87. The summed E-state index contributed by atoms with van der Waals surface area (Å²) in [6.45, 7) is 3.36. The van der Waals surface area contributed by atoms with E-state index in [9.17, 15) is 35.9 Å². The van der Waals surface area contributed by atoms with Crippen molar-refractivity contribution < 1.29 is 35.9 Å². The first-order valence-electron chi connectivity index (χ1n) is 9.78. The van der Waals surface area contributed by atoms with Gasteiger partial charge in [0.2, 0.25) is 5.95 Å². The average molecular weight is 475 g/mol. The molecule has 13 heteroatoms. The lowest BCUT2D eigenvalue weighted by Crippen LogP contribution is -2.41. The molecular weight excluding hydrogens is 456 g/mol. The van der Waals surface area contributed by atoms with Gasteiger partial charge in [0.1, 0.15) is 5.69 Å². The number of carbonyl (C=O) groups excluding carboxylic acids is 2. The van der Waals surface area contributed by atoms with E-state index in [0.29, 0.717) is 12.4 Å². The summed E-state index contributed by atoms with van der Waals surface area (Å²) >= 11 is 0. The Kier molecular flexibility index (Phi) is 6.61. The predicted molar refractivity (Wildman–Crippen MR) is 103 cm³/mol. The number of alkyl halides is 6. The number of rotatable bonds is 6. The smallest absolute Gasteiger partial charge is 0.312 e. The highest BCUT2D eigenvalue weighted by Gasteiger charge is 2.42. The Bertz CT molecular complexity index is 1010. The highest BCUT2D eigenvalue weighted by atomic mass is 19.4. The number of amides is 2. The highest BCUT2D eigenvalue weighted by Crippen LogP contribution is 2.30. The quantitative estimate of drug-likeness (QED) is 0.591. The molecule has 1 aliphatic rings. The number of anilines is 1. The van der Waals surface area contributed by atoms with Gasteiger partial charge in [0, 0.05) is 25.0 Å². The maximum Gasteiger partial charge on any atom is 0.433 e. The fourth-order valence-electron chi connectivity index (χ4n) is 3.36. The first-order chi connectivity index (χ1) is 15.3. The maximum atomic E-state index is 12.9. The SMILES string of the molecule is CC(C)[C@H]1CN(c2ncc(C(F)(F)F)cn2)C(=O)N1CC(=O)Cc1ccc(C(F)(F)F)nc1. The average Bonchev–Trinajstić information content (AvgIpc) is 3.03. The van der Waals surface area contributed by atoms with Crippen molar-refractivity contribution in [2.75, 3.05) is 18.0 Å². The zero-order valence-electron chi connectivity index (χ0n) is 17.5. The number of carbonyl (C=O) groups is 2. The molecule has 0 saturated carbocycles. The van der Waals surface area contributed by atoms with E-state index in [2.05, 4.69) is 15.0 Å². The van der Waals surface area contributed by atoms with E-state index in [4.69, 9.17) is 0 Å². The number of pyridine rings is 1. The predicted octanol–water partition coefficient (Wildman–Crippen LogP) is 3.99. The lowest BCUT2D eigenvalue weighted by atomic mass is 10.0. The van der Waals surface area contributed by atoms with Crippen LogP contribution in [0.1, 0.15) is 30.7 Å². The Morgan fingerprint density at radius 1 is 1.03 bits per heavy atom. The molecule has 2 aromatic heterocycles. The van der Waals surface area contributed by atoms with E-state index in [1.54, 1.807) is 0 Å². The summed E-state index contributed by atoms with van der Waals surface area (Å²) in [7, 11) is 0. The molecule has 1 aliphatic heterocycles. The van der Waals surface area contributed by atoms with Crippen molar-refractivity contribution in [3.63, 3.8) is 0 Å². The summed E-state index contributed by atoms with van der Waals surface area (Å²) < 4.78 is 76.1. The molecule has 0 N–H and O–H groups in total. The lowest BCUT2D eigenvalue weighted by Gasteiger charge is -2.25. The minimum Gasteiger partial charge on any atom is -0.312 e. The van der Waals surface area contributed by atoms with Crippen LogP contribution in [0, 0.1) is 5.92 Å². The fourth-order valence-corrected chi connectivity index (χ4v) is 3.36. The number of nitrogens with zero attached hydrogens (tertiary/aromatic N) is 5. The molecule has 7 nitrogen and oxygen atoms in total. The fraction of sp³-hybridized carbons (Fsp3) is 0.450. The minimum atomic E-state index is -4.63. The zero-order valence-corrected chi connectivity index (χ0v) is 17.5. The molecule has 0 unspecified atom stereocenters. The van der Waals surface area contributed by atoms with Gasteiger partial charge in [-0.1, -0.05) is 19.9 Å². The third-order valence-corrected chi connectivity index (χ3v) is 5.09. The molecule has 33 heavy (non-hydrogen) atoms. The van der Waals surface area contributed by atoms with Crippen LogP contribution in [0.15, 0.2) is 30.7 Å². The molecular formula is C20H19F6N5O2. The molecule has 1 saturated heterocycles. The normalized spacial score (nSPS) is 17.2. The van der Waals surface area contributed by atoms with Gasteiger partial charge in [-0.05, 0) is 17.5 Å². The van der Waals surface area contributed by atoms with Crippen LogP contribution >= 0.6 is 0 Å². The Balaban J connectivity index is 1.72. The van der Waals surface area contributed by atoms with Gasteiger partial charge < -0.3 is 4.90 Å². The van der Waals surface area contributed by atoms with Crippen molar-refractivity contribution in [3.05, 3.63) is 47.5 Å². The molecule has 0 spiro atoms. The number of hydrogen-bond donors (Lipinski definition) is 0. The topological polar surface area (TPSA) is 79.3 Å². The number of hydrogen-bond acceptors (Lipinski definition) is 5. The molecule has 0 aromatic carbocycles. The first-order valence-corrected chi connectivity index (χ1v) is 9.78. The van der Waals surface area contributed by atoms with Crippen molar-refractivity contribution in [1.82, 2.24) is 19.9 Å². The Morgan fingerprint density at radius 3 is 2.15 bits per heavy atom. The van der Waals surface area contributed by atoms with Gasteiger partial charge in [-0.25, -0.2) is 14.8 Å². The van der Waals surface area contributed by atoms with E-state index < -0.39 is 41.5 Å². The number of urea groups is 1. The standard InChI is InChI=1S/C20H19F6N5O2/c1-11(2)15-10-31(17-28-7-13(8-29-17)19(21,22)23)18(33)30(15)9-14(32)5-12-3-4-16(27-6-12)20(24,25)26/h3-4,6-8,11,15H,5,9-10H2,1-2H3/t15-/m1/s1. The lowest BCUT2D eigenvalue weighted by molar-refractivity contribution is -0.141. The van der Waals surface area contributed by atoms with Gasteiger partial charge in [-0.15, -0.1) is 0 Å². The van der Waals surface area contributed by atoms with E-state index in [-0.39, 0.29) is 36.9 Å². The van der Waals surface area contributed by atoms with E-state index in [0.717, 1.165) is 23.2 Å². The number of aromatic nitrogens is 3. The Labute approximate surface area is 184 Å². The summed E-state index contributed by atoms with van der Waals surface area (Å²) in [5, 5.41) is 0. The van der Waals surface area contributed by atoms with Gasteiger partial charge in [-0.3, -0.25) is 14.7 Å². The number of halogens is 6. The minimum absolute atomic E-state index is 0.0664. The third kappa shape index (κ3) is 5.57. The summed E-state index contributed by atoms with van der Waals surface area (Å²) in [6, 6.07) is 0.817. The van der Waals surface area contributed by atoms with Gasteiger partial charge in [0.05, 0.1) is 24.7 Å². The number of ketones is 1. The third-order valence-electron chi connectivity index (χ3n) is 5.09. The van der Waals surface area contributed by atoms with Crippen LogP contribution in [-0.2, 0) is 23.6 Å². The van der Waals surface area contributed by atoms with E-state index in [1.807, 2.05) is 13.8 Å². The van der Waals surface area contributed by atoms with Crippen molar-refractivity contribution >= 4 is 17.8 Å². The van der Waals surface area contributed by atoms with Crippen molar-refractivity contribution in [2.45, 2.75) is 38.7 Å². The molecule has 0 aliphatic carbocycles. The molecule has 3 rings (SSSR count). The molecule has 1 fully saturated rings. The van der Waals surface area contributed by atoms with Gasteiger partial charge in [0.25, 0.3) is 0 Å². The molecule has 2 amide bonds. The van der Waals surface area contributed by atoms with Crippen LogP contribution in [0.25, 0.3) is 0 Å². The maximum absolute atomic E-state index is 12.9. The van der Waals surface area contributed by atoms with Crippen molar-refractivity contribution in [2.24, 2.45) is 5.92 Å². The molecule has 1 atom stereocenters. The molecule has 0 bridgehead atoms. The molecule has 3 heterocycles. The van der Waals surface area contributed by atoms with Crippen LogP contribution in [0.3, 0.4) is 0 Å². The first kappa shape index (κ1) is 24.4. The van der Waals surface area contributed by atoms with E-state index in [1.165, 1.54) is 4.90 Å². The van der Waals surface area contributed by atoms with E-state index >= 15 is 0 Å². The highest BCUT2D eigenvalue weighted by molar-refractivity contribution is 5.96. The second-order valence-corrected chi connectivity index (χ2v) is 7.87. The summed E-state index contributed by atoms with van der Waals surface area (Å²) in [6.07, 6.45) is -7.36. The summed E-state index contributed by atoms with van der Waals surface area (Å²) in [5.74, 6) is -0.764. The summed E-state index contributed by atoms with van der Waals surface area (Å²) in [4.78, 5) is 38.4. The van der Waals surface area contributed by atoms with Crippen LogP contribution in [0.5, 0.6) is 0 Å². The number of Topliss-reactive ketones (excluding diaryl/α,β-unsaturated/α-hetero) is 1. The van der Waals surface area contributed by atoms with Gasteiger partial charge >= 0.3 is 18.4 Å². The Morgan fingerprint density at radius 2 is 1.67 bits per heavy atom. The second kappa shape index (κ2) is 8.94.